The molecule has 0 unspecified atom stereocenters. The summed E-state index contributed by atoms with van der Waals surface area (Å²) < 4.78 is 2.22. The Hall–Kier alpha value is -1.94. The first-order valence-electron chi connectivity index (χ1n) is 9.60. The van der Waals surface area contributed by atoms with E-state index in [2.05, 4.69) is 21.4 Å². The average Bonchev–Trinajstić information content (AvgIpc) is 3.11. The predicted octanol–water partition coefficient (Wildman–Crippen LogP) is 3.78. The molecule has 146 valence electrons. The van der Waals surface area contributed by atoms with Crippen molar-refractivity contribution in [3.05, 3.63) is 41.0 Å². The number of nitriles is 1. The maximum atomic E-state index is 9.93. The van der Waals surface area contributed by atoms with Crippen molar-refractivity contribution in [2.75, 3.05) is 30.3 Å². The predicted molar refractivity (Wildman–Crippen MR) is 117 cm³/mol. The summed E-state index contributed by atoms with van der Waals surface area (Å²) in [6.07, 6.45) is 2.95. The minimum Gasteiger partial charge on any atom is -0.396 e. The minimum absolute atomic E-state index is 0. The van der Waals surface area contributed by atoms with E-state index in [0.29, 0.717) is 5.92 Å². The molecule has 0 atom stereocenters. The molecule has 1 fully saturated rings. The lowest BCUT2D eigenvalue weighted by atomic mass is 9.96. The maximum absolute atomic E-state index is 9.93. The highest BCUT2D eigenvalue weighted by molar-refractivity contribution is 7.98. The number of nitrogens with zero attached hydrogens (tertiary/aromatic N) is 4. The Morgan fingerprint density at radius 1 is 1.21 bits per heavy atom. The highest BCUT2D eigenvalue weighted by atomic mass is 35.5. The van der Waals surface area contributed by atoms with E-state index < -0.39 is 0 Å². The molecule has 1 N–H and O–H groups in total. The Labute approximate surface area is 174 Å². The molecule has 0 amide bonds. The second-order valence-electron chi connectivity index (χ2n) is 7.44. The fourth-order valence-electron chi connectivity index (χ4n) is 4.52. The van der Waals surface area contributed by atoms with E-state index in [1.54, 1.807) is 0 Å². The molecule has 3 aromatic rings. The number of hydrogen-bond donors (Lipinski definition) is 1. The van der Waals surface area contributed by atoms with Crippen LogP contribution in [0.4, 0.5) is 5.82 Å². The van der Waals surface area contributed by atoms with Crippen molar-refractivity contribution in [1.82, 2.24) is 9.38 Å². The molecular formula is C21H23ClN4OS. The molecule has 0 saturated carbocycles. The molecule has 28 heavy (non-hydrogen) atoms. The summed E-state index contributed by atoms with van der Waals surface area (Å²) in [5, 5.41) is 19.4. The summed E-state index contributed by atoms with van der Waals surface area (Å²) in [7, 11) is 0. The van der Waals surface area contributed by atoms with Gasteiger partial charge in [0, 0.05) is 31.0 Å². The zero-order valence-electron chi connectivity index (χ0n) is 15.6. The van der Waals surface area contributed by atoms with Crippen molar-refractivity contribution in [2.45, 2.75) is 25.0 Å². The maximum Gasteiger partial charge on any atom is 0.157 e. The summed E-state index contributed by atoms with van der Waals surface area (Å²) in [6.45, 7) is 2.16. The molecule has 0 aliphatic carbocycles. The molecule has 0 spiro atoms. The van der Waals surface area contributed by atoms with E-state index in [1.165, 1.54) is 16.9 Å². The van der Waals surface area contributed by atoms with Gasteiger partial charge in [-0.25, -0.2) is 4.98 Å². The first-order chi connectivity index (χ1) is 13.3. The highest BCUT2D eigenvalue weighted by Gasteiger charge is 2.29. The quantitative estimate of drug-likeness (QED) is 0.691. The van der Waals surface area contributed by atoms with Crippen LogP contribution in [0.5, 0.6) is 0 Å². The van der Waals surface area contributed by atoms with Gasteiger partial charge in [-0.2, -0.15) is 17.0 Å². The van der Waals surface area contributed by atoms with Crippen LogP contribution in [0.3, 0.4) is 0 Å². The summed E-state index contributed by atoms with van der Waals surface area (Å²) in [5.74, 6) is 3.63. The van der Waals surface area contributed by atoms with Crippen LogP contribution in [-0.2, 0) is 12.2 Å². The summed E-state index contributed by atoms with van der Waals surface area (Å²) >= 11 is 1.95. The molecule has 4 heterocycles. The van der Waals surface area contributed by atoms with Gasteiger partial charge in [0.2, 0.25) is 0 Å². The van der Waals surface area contributed by atoms with Gasteiger partial charge in [-0.05, 0) is 48.6 Å². The first kappa shape index (κ1) is 19.4. The molecular weight excluding hydrogens is 392 g/mol. The number of piperidine rings is 1. The Morgan fingerprint density at radius 2 is 2.00 bits per heavy atom. The topological polar surface area (TPSA) is 64.6 Å². The number of para-hydroxylation sites is 2. The van der Waals surface area contributed by atoms with Crippen LogP contribution < -0.4 is 4.90 Å². The monoisotopic (exact) mass is 414 g/mol. The smallest absolute Gasteiger partial charge is 0.157 e. The van der Waals surface area contributed by atoms with Crippen LogP contribution >= 0.6 is 24.2 Å². The van der Waals surface area contributed by atoms with Gasteiger partial charge in [-0.1, -0.05) is 12.1 Å². The number of halogens is 1. The van der Waals surface area contributed by atoms with Crippen LogP contribution in [-0.4, -0.2) is 39.9 Å². The van der Waals surface area contributed by atoms with Crippen molar-refractivity contribution in [1.29, 1.82) is 5.26 Å². The average molecular weight is 415 g/mol. The lowest BCUT2D eigenvalue weighted by Crippen LogP contribution is -2.37. The SMILES string of the molecule is Cl.N#Cc1c2c(c(N3CCC(CO)CC3)n3c1nc1ccccc13)CSCC2. The molecule has 2 aliphatic rings. The lowest BCUT2D eigenvalue weighted by Gasteiger charge is -2.36. The van der Waals surface area contributed by atoms with Gasteiger partial charge in [0.1, 0.15) is 11.9 Å². The van der Waals surface area contributed by atoms with Crippen molar-refractivity contribution >= 4 is 46.7 Å². The minimum atomic E-state index is 0. The molecule has 0 radical (unpaired) electrons. The van der Waals surface area contributed by atoms with Crippen LogP contribution in [0.25, 0.3) is 16.7 Å². The Balaban J connectivity index is 0.00000192. The second-order valence-corrected chi connectivity index (χ2v) is 8.55. The third-order valence-corrected chi connectivity index (χ3v) is 6.94. The highest BCUT2D eigenvalue weighted by Crippen LogP contribution is 2.39. The van der Waals surface area contributed by atoms with E-state index in [-0.39, 0.29) is 19.0 Å². The normalized spacial score (nSPS) is 17.4. The van der Waals surface area contributed by atoms with E-state index in [4.69, 9.17) is 4.98 Å². The third-order valence-electron chi connectivity index (χ3n) is 5.96. The van der Waals surface area contributed by atoms with Gasteiger partial charge in [0.25, 0.3) is 0 Å². The van der Waals surface area contributed by atoms with Crippen molar-refractivity contribution < 1.29 is 5.11 Å². The van der Waals surface area contributed by atoms with Crippen LogP contribution in [0.2, 0.25) is 0 Å². The van der Waals surface area contributed by atoms with Gasteiger partial charge in [0.15, 0.2) is 5.65 Å². The number of thioether (sulfide) groups is 1. The molecule has 1 aromatic carbocycles. The number of imidazole rings is 1. The number of pyridine rings is 1. The number of aromatic nitrogens is 2. The Kier molecular flexibility index (Phi) is 5.42. The zero-order valence-corrected chi connectivity index (χ0v) is 17.2. The summed E-state index contributed by atoms with van der Waals surface area (Å²) in [6, 6.07) is 10.6. The summed E-state index contributed by atoms with van der Waals surface area (Å²) in [4.78, 5) is 7.31. The van der Waals surface area contributed by atoms with Gasteiger partial charge < -0.3 is 10.0 Å². The van der Waals surface area contributed by atoms with Gasteiger partial charge in [0.05, 0.1) is 16.6 Å². The van der Waals surface area contributed by atoms with Gasteiger partial charge >= 0.3 is 0 Å². The van der Waals surface area contributed by atoms with E-state index in [1.807, 2.05) is 30.0 Å². The number of rotatable bonds is 2. The van der Waals surface area contributed by atoms with E-state index in [0.717, 1.165) is 66.1 Å². The third kappa shape index (κ3) is 2.93. The number of anilines is 1. The molecule has 7 heteroatoms. The lowest BCUT2D eigenvalue weighted by molar-refractivity contribution is 0.202. The zero-order chi connectivity index (χ0) is 18.4. The number of fused-ring (bicyclic) bond motifs is 4. The molecule has 2 aromatic heterocycles. The Morgan fingerprint density at radius 3 is 2.75 bits per heavy atom. The van der Waals surface area contributed by atoms with Crippen molar-refractivity contribution in [3.63, 3.8) is 0 Å². The number of hydrogen-bond acceptors (Lipinski definition) is 5. The van der Waals surface area contributed by atoms with Crippen LogP contribution in [0.1, 0.15) is 29.5 Å². The number of benzene rings is 1. The van der Waals surface area contributed by atoms with Crippen LogP contribution in [0, 0.1) is 17.2 Å². The van der Waals surface area contributed by atoms with E-state index >= 15 is 0 Å². The van der Waals surface area contributed by atoms with E-state index in [9.17, 15) is 10.4 Å². The second kappa shape index (κ2) is 7.82. The largest absolute Gasteiger partial charge is 0.396 e. The number of aliphatic hydroxyl groups excluding tert-OH is 1. The van der Waals surface area contributed by atoms with Gasteiger partial charge in [-0.3, -0.25) is 4.40 Å². The van der Waals surface area contributed by atoms with Crippen molar-refractivity contribution in [2.24, 2.45) is 5.92 Å². The van der Waals surface area contributed by atoms with Crippen LogP contribution in [0.15, 0.2) is 24.3 Å². The molecule has 0 bridgehead atoms. The standard InChI is InChI=1S/C21H22N4OS.ClH/c22-11-16-15-7-10-27-13-17(15)21(24-8-5-14(12-26)6-9-24)25-19-4-2-1-3-18(19)23-20(16)25;/h1-4,14,26H,5-10,12-13H2;1H. The molecule has 1 saturated heterocycles. The van der Waals surface area contributed by atoms with Gasteiger partial charge in [-0.15, -0.1) is 12.4 Å². The first-order valence-corrected chi connectivity index (χ1v) is 10.8. The fourth-order valence-corrected chi connectivity index (χ4v) is 5.52. The fraction of sp³-hybridized carbons (Fsp3) is 0.429. The van der Waals surface area contributed by atoms with Crippen molar-refractivity contribution in [3.8, 4) is 6.07 Å². The summed E-state index contributed by atoms with van der Waals surface area (Å²) in [5.41, 5.74) is 6.05. The number of aliphatic hydroxyl groups is 1. The molecule has 5 nitrogen and oxygen atoms in total. The molecule has 2 aliphatic heterocycles. The molecule has 5 rings (SSSR count). The Bertz CT molecular complexity index is 1070.